The summed E-state index contributed by atoms with van der Waals surface area (Å²) in [6.45, 7) is 5.32. The van der Waals surface area contributed by atoms with E-state index in [0.29, 0.717) is 56.6 Å². The van der Waals surface area contributed by atoms with Crippen LogP contribution in [0, 0.1) is 25.7 Å². The molecule has 5 N–H and O–H groups in total. The number of nitrogens with one attached hydrogen (secondary N) is 1. The van der Waals surface area contributed by atoms with Gasteiger partial charge >= 0.3 is 6.09 Å². The van der Waals surface area contributed by atoms with Gasteiger partial charge in [-0.15, -0.1) is 0 Å². The van der Waals surface area contributed by atoms with Crippen molar-refractivity contribution in [1.82, 2.24) is 10.2 Å². The van der Waals surface area contributed by atoms with Gasteiger partial charge in [-0.05, 0) is 69.6 Å². The first kappa shape index (κ1) is 29.8. The molecule has 2 fully saturated rings. The number of aliphatic hydroxyl groups excluding tert-OH is 1. The van der Waals surface area contributed by atoms with E-state index in [2.05, 4.69) is 5.32 Å². The number of carbonyl (C=O) groups is 2. The molecule has 1 saturated carbocycles. The third kappa shape index (κ3) is 6.59. The molecule has 2 aromatic carbocycles. The summed E-state index contributed by atoms with van der Waals surface area (Å²) in [7, 11) is 1.32. The highest BCUT2D eigenvalue weighted by Gasteiger charge is 2.44. The number of hydrogen-bond donors (Lipinski definition) is 4. The molecule has 0 aromatic heterocycles. The number of ether oxygens (including phenoxy) is 2. The van der Waals surface area contributed by atoms with E-state index in [4.69, 9.17) is 15.2 Å². The number of aliphatic hydroxyl groups is 2. The predicted octanol–water partition coefficient (Wildman–Crippen LogP) is 3.76. The third-order valence-corrected chi connectivity index (χ3v) is 8.50. The lowest BCUT2D eigenvalue weighted by molar-refractivity contribution is -0.141. The standard InChI is InChI=1S/C31H43N3O6/c1-20-9-6-10-21(2)28(20)40-27-13-5-4-12-24(27)31(38,14-8-15-33-30(37)39-3)23-11-7-16-34(19-23)29(36)22-17-25(32)26(35)18-22/h4-6,9-10,12-13,22-23,25-26,35,38H,7-8,11,14-19,32H2,1-3H3,(H,33,37)/t22-,23+,25+,26-,31-/m0/s1. The first-order chi connectivity index (χ1) is 19.1. The Balaban J connectivity index is 1.63. The molecule has 9 nitrogen and oxygen atoms in total. The average molecular weight is 554 g/mol. The third-order valence-electron chi connectivity index (χ3n) is 8.50. The van der Waals surface area contributed by atoms with Crippen molar-refractivity contribution >= 4 is 12.0 Å². The molecule has 1 heterocycles. The van der Waals surface area contributed by atoms with Crippen LogP contribution in [0.25, 0.3) is 0 Å². The Morgan fingerprint density at radius 3 is 2.52 bits per heavy atom. The monoisotopic (exact) mass is 553 g/mol. The fourth-order valence-corrected chi connectivity index (χ4v) is 6.24. The molecule has 0 radical (unpaired) electrons. The van der Waals surface area contributed by atoms with Crippen molar-refractivity contribution in [1.29, 1.82) is 0 Å². The number of nitrogens with zero attached hydrogens (tertiary/aromatic N) is 1. The lowest BCUT2D eigenvalue weighted by Gasteiger charge is -2.44. The minimum atomic E-state index is -1.32. The molecule has 0 unspecified atom stereocenters. The number of likely N-dealkylation sites (tertiary alicyclic amines) is 1. The summed E-state index contributed by atoms with van der Waals surface area (Å²) in [6.07, 6.45) is 1.99. The minimum absolute atomic E-state index is 0.00789. The second-order valence-corrected chi connectivity index (χ2v) is 11.3. The molecule has 0 bridgehead atoms. The molecule has 2 aliphatic rings. The van der Waals surface area contributed by atoms with Crippen LogP contribution in [0.4, 0.5) is 4.79 Å². The van der Waals surface area contributed by atoms with Crippen LogP contribution in [0.2, 0.25) is 0 Å². The largest absolute Gasteiger partial charge is 0.456 e. The molecule has 5 atom stereocenters. The maximum atomic E-state index is 13.4. The second-order valence-electron chi connectivity index (χ2n) is 11.3. The molecular weight excluding hydrogens is 510 g/mol. The number of amides is 2. The Kier molecular flexibility index (Phi) is 9.71. The fraction of sp³-hybridized carbons (Fsp3) is 0.548. The van der Waals surface area contributed by atoms with E-state index in [9.17, 15) is 19.8 Å². The maximum Gasteiger partial charge on any atom is 0.406 e. The van der Waals surface area contributed by atoms with Crippen LogP contribution in [0.1, 0.15) is 55.2 Å². The van der Waals surface area contributed by atoms with E-state index in [0.717, 1.165) is 29.7 Å². The molecule has 2 aromatic rings. The van der Waals surface area contributed by atoms with Crippen molar-refractivity contribution < 1.29 is 29.3 Å². The van der Waals surface area contributed by atoms with Crippen molar-refractivity contribution in [3.05, 3.63) is 59.2 Å². The van der Waals surface area contributed by atoms with Gasteiger partial charge in [0.05, 0.1) is 18.8 Å². The molecule has 218 valence electrons. The van der Waals surface area contributed by atoms with Crippen LogP contribution in [-0.2, 0) is 15.1 Å². The zero-order valence-electron chi connectivity index (χ0n) is 23.8. The van der Waals surface area contributed by atoms with Gasteiger partial charge in [0.25, 0.3) is 0 Å². The lowest BCUT2D eigenvalue weighted by Crippen LogP contribution is -2.49. The van der Waals surface area contributed by atoms with E-state index in [-0.39, 0.29) is 23.8 Å². The molecule has 4 rings (SSSR count). The molecule has 9 heteroatoms. The van der Waals surface area contributed by atoms with Crippen molar-refractivity contribution in [2.75, 3.05) is 26.7 Å². The Morgan fingerprint density at radius 2 is 1.85 bits per heavy atom. The maximum absolute atomic E-state index is 13.4. The molecule has 1 saturated heterocycles. The van der Waals surface area contributed by atoms with Gasteiger partial charge in [0.2, 0.25) is 5.91 Å². The molecule has 1 aliphatic carbocycles. The number of methoxy groups -OCH3 is 1. The summed E-state index contributed by atoms with van der Waals surface area (Å²) in [4.78, 5) is 26.9. The molecule has 40 heavy (non-hydrogen) atoms. The van der Waals surface area contributed by atoms with Crippen molar-refractivity contribution in [3.63, 3.8) is 0 Å². The topological polar surface area (TPSA) is 134 Å². The van der Waals surface area contributed by atoms with E-state index in [1.807, 2.05) is 61.2 Å². The van der Waals surface area contributed by atoms with E-state index in [1.165, 1.54) is 7.11 Å². The first-order valence-corrected chi connectivity index (χ1v) is 14.2. The number of alkyl carbamates (subject to hydrolysis) is 1. The van der Waals surface area contributed by atoms with E-state index < -0.39 is 17.8 Å². The van der Waals surface area contributed by atoms with Gasteiger partial charge in [-0.2, -0.15) is 0 Å². The summed E-state index contributed by atoms with van der Waals surface area (Å²) in [5.41, 5.74) is 7.32. The summed E-state index contributed by atoms with van der Waals surface area (Å²) in [5.74, 6) is 0.746. The predicted molar refractivity (Wildman–Crippen MR) is 152 cm³/mol. The summed E-state index contributed by atoms with van der Waals surface area (Å²) in [5, 5.41) is 25.4. The van der Waals surface area contributed by atoms with Gasteiger partial charge in [0.15, 0.2) is 0 Å². The molecular formula is C31H43N3O6. The van der Waals surface area contributed by atoms with Crippen LogP contribution in [-0.4, -0.2) is 66.0 Å². The van der Waals surface area contributed by atoms with Crippen molar-refractivity contribution in [2.24, 2.45) is 17.6 Å². The number of hydrogen-bond acceptors (Lipinski definition) is 7. The zero-order valence-corrected chi connectivity index (χ0v) is 23.8. The summed E-state index contributed by atoms with van der Waals surface area (Å²) < 4.78 is 11.2. The Bertz CT molecular complexity index is 1160. The van der Waals surface area contributed by atoms with E-state index >= 15 is 0 Å². The summed E-state index contributed by atoms with van der Waals surface area (Å²) >= 11 is 0. The highest BCUT2D eigenvalue weighted by Crippen LogP contribution is 2.45. The van der Waals surface area contributed by atoms with Crippen LogP contribution < -0.4 is 15.8 Å². The first-order valence-electron chi connectivity index (χ1n) is 14.2. The smallest absolute Gasteiger partial charge is 0.406 e. The molecule has 2 amide bonds. The van der Waals surface area contributed by atoms with Gasteiger partial charge in [0, 0.05) is 43.1 Å². The number of carbonyl (C=O) groups excluding carboxylic acids is 2. The van der Waals surface area contributed by atoms with Crippen LogP contribution in [0.15, 0.2) is 42.5 Å². The van der Waals surface area contributed by atoms with E-state index in [1.54, 1.807) is 0 Å². The Morgan fingerprint density at radius 1 is 1.12 bits per heavy atom. The number of piperidine rings is 1. The minimum Gasteiger partial charge on any atom is -0.456 e. The lowest BCUT2D eigenvalue weighted by atomic mass is 9.73. The number of aryl methyl sites for hydroxylation is 2. The van der Waals surface area contributed by atoms with Gasteiger partial charge in [-0.1, -0.05) is 36.4 Å². The van der Waals surface area contributed by atoms with Crippen molar-refractivity contribution in [2.45, 2.75) is 70.1 Å². The number of nitrogens with two attached hydrogens (primary N) is 1. The van der Waals surface area contributed by atoms with Crippen molar-refractivity contribution in [3.8, 4) is 11.5 Å². The SMILES string of the molecule is COC(=O)NCCC[C@@](O)(c1ccccc1Oc1c(C)cccc1C)[C@@H]1CCCN(C(=O)[C@H]2C[C@@H](N)[C@@H](O)C2)C1. The Hall–Kier alpha value is -3.14. The highest BCUT2D eigenvalue weighted by atomic mass is 16.5. The van der Waals surface area contributed by atoms with Gasteiger partial charge in [-0.3, -0.25) is 4.79 Å². The summed E-state index contributed by atoms with van der Waals surface area (Å²) in [6, 6.07) is 13.1. The van der Waals surface area contributed by atoms with Crippen LogP contribution in [0.3, 0.4) is 0 Å². The number of benzene rings is 2. The van der Waals surface area contributed by atoms with Crippen LogP contribution in [0.5, 0.6) is 11.5 Å². The zero-order chi connectivity index (χ0) is 28.9. The highest BCUT2D eigenvalue weighted by molar-refractivity contribution is 5.79. The van der Waals surface area contributed by atoms with Gasteiger partial charge < -0.3 is 35.6 Å². The van der Waals surface area contributed by atoms with Crippen LogP contribution >= 0.6 is 0 Å². The second kappa shape index (κ2) is 13.0. The molecule has 0 spiro atoms. The quantitative estimate of drug-likeness (QED) is 0.348. The number of rotatable bonds is 9. The Labute approximate surface area is 236 Å². The molecule has 1 aliphatic heterocycles. The van der Waals surface area contributed by atoms with Gasteiger partial charge in [-0.25, -0.2) is 4.79 Å². The van der Waals surface area contributed by atoms with Gasteiger partial charge in [0.1, 0.15) is 11.5 Å². The fourth-order valence-electron chi connectivity index (χ4n) is 6.24. The average Bonchev–Trinajstić information content (AvgIpc) is 3.30. The normalized spacial score (nSPS) is 24.3. The number of para-hydroxylation sites is 2.